The van der Waals surface area contributed by atoms with Crippen LogP contribution in [0.15, 0.2) is 33.3 Å². The van der Waals surface area contributed by atoms with E-state index in [4.69, 9.17) is 11.6 Å². The van der Waals surface area contributed by atoms with Gasteiger partial charge in [0, 0.05) is 10.0 Å². The quantitative estimate of drug-likeness (QED) is 0.607. The highest BCUT2D eigenvalue weighted by Crippen LogP contribution is 2.33. The Morgan fingerprint density at radius 3 is 2.59 bits per heavy atom. The summed E-state index contributed by atoms with van der Waals surface area (Å²) in [5.74, 6) is -0.356. The number of aromatic nitrogens is 1. The number of hydrogen-bond acceptors (Lipinski definition) is 1. The van der Waals surface area contributed by atoms with Crippen molar-refractivity contribution in [3.8, 4) is 11.3 Å². The van der Waals surface area contributed by atoms with Gasteiger partial charge in [0.1, 0.15) is 10.4 Å². The number of rotatable bonds is 1. The van der Waals surface area contributed by atoms with E-state index in [1.807, 2.05) is 13.0 Å². The van der Waals surface area contributed by atoms with Crippen LogP contribution in [0.5, 0.6) is 0 Å². The lowest BCUT2D eigenvalue weighted by Crippen LogP contribution is -1.92. The molecule has 1 heterocycles. The Labute approximate surface area is 120 Å². The molecule has 0 atom stereocenters. The first-order valence-electron chi connectivity index (χ1n) is 4.77. The minimum absolute atomic E-state index is 0.352. The molecule has 2 aromatic rings. The molecule has 1 aromatic carbocycles. The van der Waals surface area contributed by atoms with Gasteiger partial charge in [-0.1, -0.05) is 27.5 Å². The van der Waals surface area contributed by atoms with E-state index in [1.165, 1.54) is 12.1 Å². The van der Waals surface area contributed by atoms with Crippen molar-refractivity contribution in [3.05, 3.63) is 49.7 Å². The molecule has 1 nitrogen and oxygen atoms in total. The van der Waals surface area contributed by atoms with Gasteiger partial charge < -0.3 is 0 Å². The molecule has 0 aliphatic rings. The Morgan fingerprint density at radius 1 is 1.24 bits per heavy atom. The monoisotopic (exact) mass is 377 g/mol. The van der Waals surface area contributed by atoms with Gasteiger partial charge in [-0.05, 0) is 52.7 Å². The van der Waals surface area contributed by atoms with Crippen molar-refractivity contribution in [2.75, 3.05) is 0 Å². The van der Waals surface area contributed by atoms with Gasteiger partial charge >= 0.3 is 0 Å². The topological polar surface area (TPSA) is 12.9 Å². The molecular weight excluding hydrogens is 372 g/mol. The Balaban J connectivity index is 2.68. The number of hydrogen-bond donors (Lipinski definition) is 0. The largest absolute Gasteiger partial charge is 0.240 e. The van der Waals surface area contributed by atoms with Crippen LogP contribution in [0.1, 0.15) is 5.56 Å². The van der Waals surface area contributed by atoms with Crippen molar-refractivity contribution in [2.45, 2.75) is 6.92 Å². The van der Waals surface area contributed by atoms with Crippen LogP contribution in [-0.2, 0) is 0 Å². The Bertz CT molecular complexity index is 587. The second-order valence-electron chi connectivity index (χ2n) is 3.52. The first kappa shape index (κ1) is 13.0. The first-order valence-corrected chi connectivity index (χ1v) is 6.73. The van der Waals surface area contributed by atoms with Gasteiger partial charge in [-0.15, -0.1) is 0 Å². The summed E-state index contributed by atoms with van der Waals surface area (Å²) in [6, 6.07) is 6.14. The third-order valence-electron chi connectivity index (χ3n) is 2.36. The van der Waals surface area contributed by atoms with Gasteiger partial charge in [-0.3, -0.25) is 0 Å². The molecule has 0 amide bonds. The summed E-state index contributed by atoms with van der Waals surface area (Å²) in [6.45, 7) is 1.93. The minimum atomic E-state index is -0.356. The average molecular weight is 379 g/mol. The molecular formula is C12H7Br2ClFN. The van der Waals surface area contributed by atoms with E-state index in [-0.39, 0.29) is 5.82 Å². The molecule has 1 aromatic heterocycles. The second-order valence-corrected chi connectivity index (χ2v) is 5.60. The molecule has 2 rings (SSSR count). The number of pyridine rings is 1. The van der Waals surface area contributed by atoms with Gasteiger partial charge in [0.2, 0.25) is 0 Å². The standard InChI is InChI=1S/C12H7Br2ClFN/c1-6-9(13)5-11(14)17-12(6)8-3-2-7(16)4-10(8)15/h2-5H,1H3. The summed E-state index contributed by atoms with van der Waals surface area (Å²) < 4.78 is 14.6. The molecule has 0 spiro atoms. The van der Waals surface area contributed by atoms with Gasteiger partial charge in [0.05, 0.1) is 10.7 Å². The van der Waals surface area contributed by atoms with Gasteiger partial charge in [-0.25, -0.2) is 9.37 Å². The second kappa shape index (κ2) is 5.04. The third kappa shape index (κ3) is 2.69. The zero-order valence-corrected chi connectivity index (χ0v) is 12.7. The van der Waals surface area contributed by atoms with E-state index in [0.29, 0.717) is 15.2 Å². The van der Waals surface area contributed by atoms with Gasteiger partial charge in [0.15, 0.2) is 0 Å². The third-order valence-corrected chi connectivity index (χ3v) is 3.91. The minimum Gasteiger partial charge on any atom is -0.240 e. The van der Waals surface area contributed by atoms with Crippen molar-refractivity contribution in [1.82, 2.24) is 4.98 Å². The maximum absolute atomic E-state index is 13.0. The molecule has 88 valence electrons. The highest BCUT2D eigenvalue weighted by Gasteiger charge is 2.12. The zero-order chi connectivity index (χ0) is 12.6. The first-order chi connectivity index (χ1) is 7.99. The van der Waals surface area contributed by atoms with E-state index in [0.717, 1.165) is 15.7 Å². The molecule has 0 radical (unpaired) electrons. The summed E-state index contributed by atoms with van der Waals surface area (Å²) in [4.78, 5) is 4.37. The molecule has 0 bridgehead atoms. The summed E-state index contributed by atoms with van der Waals surface area (Å²) in [7, 11) is 0. The van der Waals surface area contributed by atoms with Crippen molar-refractivity contribution in [3.63, 3.8) is 0 Å². The van der Waals surface area contributed by atoms with Crippen LogP contribution in [0.4, 0.5) is 4.39 Å². The Hall–Kier alpha value is -0.450. The average Bonchev–Trinajstić information content (AvgIpc) is 2.24. The Kier molecular flexibility index (Phi) is 3.85. The van der Waals surface area contributed by atoms with Crippen LogP contribution >= 0.6 is 43.5 Å². The highest BCUT2D eigenvalue weighted by molar-refractivity contribution is 9.11. The fourth-order valence-corrected chi connectivity index (χ4v) is 2.87. The highest BCUT2D eigenvalue weighted by atomic mass is 79.9. The van der Waals surface area contributed by atoms with Crippen LogP contribution in [0.3, 0.4) is 0 Å². The summed E-state index contributed by atoms with van der Waals surface area (Å²) in [6.07, 6.45) is 0. The molecule has 0 fully saturated rings. The Morgan fingerprint density at radius 2 is 1.94 bits per heavy atom. The van der Waals surface area contributed by atoms with Crippen LogP contribution in [0.25, 0.3) is 11.3 Å². The fraction of sp³-hybridized carbons (Fsp3) is 0.0833. The molecule has 0 saturated heterocycles. The maximum Gasteiger partial charge on any atom is 0.124 e. The smallest absolute Gasteiger partial charge is 0.124 e. The van der Waals surface area contributed by atoms with Gasteiger partial charge in [-0.2, -0.15) is 0 Å². The predicted octanol–water partition coefficient (Wildman–Crippen LogP) is 5.37. The molecule has 0 aliphatic heterocycles. The van der Waals surface area contributed by atoms with Crippen LogP contribution in [-0.4, -0.2) is 4.98 Å². The zero-order valence-electron chi connectivity index (χ0n) is 8.77. The lowest BCUT2D eigenvalue weighted by molar-refractivity contribution is 0.628. The SMILES string of the molecule is Cc1c(Br)cc(Br)nc1-c1ccc(F)cc1Cl. The molecule has 0 N–H and O–H groups in total. The summed E-state index contributed by atoms with van der Waals surface area (Å²) in [5.41, 5.74) is 2.41. The maximum atomic E-state index is 13.0. The fourth-order valence-electron chi connectivity index (χ4n) is 1.49. The van der Waals surface area contributed by atoms with E-state index < -0.39 is 0 Å². The molecule has 0 unspecified atom stereocenters. The van der Waals surface area contributed by atoms with Crippen molar-refractivity contribution < 1.29 is 4.39 Å². The normalized spacial score (nSPS) is 10.6. The van der Waals surface area contributed by atoms with Crippen LogP contribution in [0, 0.1) is 12.7 Å². The van der Waals surface area contributed by atoms with E-state index in [1.54, 1.807) is 6.07 Å². The molecule has 0 aliphatic carbocycles. The van der Waals surface area contributed by atoms with Crippen molar-refractivity contribution in [2.24, 2.45) is 0 Å². The van der Waals surface area contributed by atoms with Crippen molar-refractivity contribution >= 4 is 43.5 Å². The van der Waals surface area contributed by atoms with Crippen molar-refractivity contribution in [1.29, 1.82) is 0 Å². The number of benzene rings is 1. The van der Waals surface area contributed by atoms with E-state index >= 15 is 0 Å². The van der Waals surface area contributed by atoms with E-state index in [2.05, 4.69) is 36.8 Å². The lowest BCUT2D eigenvalue weighted by Gasteiger charge is -2.09. The van der Waals surface area contributed by atoms with Crippen LogP contribution in [0.2, 0.25) is 5.02 Å². The molecule has 0 saturated carbocycles. The summed E-state index contributed by atoms with van der Waals surface area (Å²) in [5, 5.41) is 0.352. The van der Waals surface area contributed by atoms with Crippen LogP contribution < -0.4 is 0 Å². The molecule has 17 heavy (non-hydrogen) atoms. The van der Waals surface area contributed by atoms with E-state index in [9.17, 15) is 4.39 Å². The number of nitrogens with zero attached hydrogens (tertiary/aromatic N) is 1. The van der Waals surface area contributed by atoms with Gasteiger partial charge in [0.25, 0.3) is 0 Å². The summed E-state index contributed by atoms with van der Waals surface area (Å²) >= 11 is 12.8. The lowest BCUT2D eigenvalue weighted by atomic mass is 10.1. The number of halogens is 4. The molecule has 5 heteroatoms. The predicted molar refractivity (Wildman–Crippen MR) is 74.8 cm³/mol.